The number of fused-ring (bicyclic) bond motifs is 1. The van der Waals surface area contributed by atoms with Crippen molar-refractivity contribution in [3.05, 3.63) is 72.8 Å². The summed E-state index contributed by atoms with van der Waals surface area (Å²) in [5, 5.41) is 5.72. The van der Waals surface area contributed by atoms with Crippen LogP contribution in [0.25, 0.3) is 10.8 Å². The van der Waals surface area contributed by atoms with Crippen LogP contribution in [0.2, 0.25) is 21.4 Å². The molecule has 0 aliphatic rings. The van der Waals surface area contributed by atoms with E-state index in [-0.39, 0.29) is 0 Å². The van der Waals surface area contributed by atoms with E-state index in [0.717, 1.165) is 0 Å². The summed E-state index contributed by atoms with van der Waals surface area (Å²) in [6.07, 6.45) is 0. The summed E-state index contributed by atoms with van der Waals surface area (Å²) < 4.78 is 0. The Bertz CT molecular complexity index is 699. The second kappa shape index (κ2) is 8.54. The van der Waals surface area contributed by atoms with Crippen LogP contribution in [0, 0.1) is 0 Å². The third-order valence-corrected chi connectivity index (χ3v) is 5.84. The van der Waals surface area contributed by atoms with E-state index in [4.69, 9.17) is 0 Å². The Labute approximate surface area is 143 Å². The van der Waals surface area contributed by atoms with Gasteiger partial charge < -0.3 is 0 Å². The van der Waals surface area contributed by atoms with Crippen molar-refractivity contribution in [1.82, 2.24) is 0 Å². The van der Waals surface area contributed by atoms with Crippen LogP contribution < -0.4 is 10.4 Å². The fraction of sp³-hybridized carbons (Fsp3) is 0.200. The van der Waals surface area contributed by atoms with Crippen molar-refractivity contribution < 1.29 is 0 Å². The summed E-state index contributed by atoms with van der Waals surface area (Å²) in [4.78, 5) is 7.09. The molecule has 0 spiro atoms. The zero-order valence-corrected chi connectivity index (χ0v) is 17.8. The normalized spacial score (nSPS) is 10.6. The Morgan fingerprint density at radius 1 is 0.682 bits per heavy atom. The predicted octanol–water partition coefficient (Wildman–Crippen LogP) is 4.45. The Morgan fingerprint density at radius 2 is 1.23 bits per heavy atom. The fourth-order valence-corrected chi connectivity index (χ4v) is 4.38. The molecule has 2 radical (unpaired) electrons. The summed E-state index contributed by atoms with van der Waals surface area (Å²) in [6, 6.07) is 26.2. The Hall–Kier alpha value is -1.06. The molecule has 0 saturated carbocycles. The molecule has 0 aliphatic carbocycles. The third kappa shape index (κ3) is 4.72. The Morgan fingerprint density at radius 3 is 1.91 bits per heavy atom. The molecule has 0 atom stereocenters. The summed E-state index contributed by atoms with van der Waals surface area (Å²) >= 11 is -0.543. The fourth-order valence-electron chi connectivity index (χ4n) is 2.40. The zero-order chi connectivity index (χ0) is 15.9. The van der Waals surface area contributed by atoms with Gasteiger partial charge in [-0.3, -0.25) is 0 Å². The van der Waals surface area contributed by atoms with Crippen LogP contribution in [0.1, 0.15) is 0 Å². The van der Waals surface area contributed by atoms with Crippen LogP contribution in [0.5, 0.6) is 0 Å². The van der Waals surface area contributed by atoms with Crippen molar-refractivity contribution in [3.8, 4) is 0 Å². The first-order chi connectivity index (χ1) is 10.6. The van der Waals surface area contributed by atoms with Crippen LogP contribution in [0.4, 0.5) is 0 Å². The molecular formula is C20H24SiSn. The van der Waals surface area contributed by atoms with E-state index in [1.165, 1.54) is 21.1 Å². The molecule has 0 saturated heterocycles. The SMILES string of the molecule is C[Si](c1ccccc1)c1cccc2ccccc12.[CH3][Sn]([CH3])[CH3]. The maximum atomic E-state index is 2.38. The molecule has 0 unspecified atom stereocenters. The molecule has 2 heteroatoms. The molecule has 0 fully saturated rings. The van der Waals surface area contributed by atoms with E-state index in [0.29, 0.717) is 0 Å². The molecule has 112 valence electrons. The summed E-state index contributed by atoms with van der Waals surface area (Å²) in [6.45, 7) is 2.38. The van der Waals surface area contributed by atoms with Crippen LogP contribution in [-0.2, 0) is 0 Å². The molecule has 0 N–H and O–H groups in total. The van der Waals surface area contributed by atoms with Crippen molar-refractivity contribution in [3.63, 3.8) is 0 Å². The van der Waals surface area contributed by atoms with Crippen LogP contribution >= 0.6 is 0 Å². The first-order valence-corrected chi connectivity index (χ1v) is 18.3. The zero-order valence-electron chi connectivity index (χ0n) is 13.9. The number of benzene rings is 3. The molecule has 3 aromatic carbocycles. The first kappa shape index (κ1) is 17.3. The predicted molar refractivity (Wildman–Crippen MR) is 105 cm³/mol. The first-order valence-electron chi connectivity index (χ1n) is 7.73. The van der Waals surface area contributed by atoms with Gasteiger partial charge in [0.15, 0.2) is 0 Å². The molecule has 0 amide bonds. The molecule has 0 nitrogen and oxygen atoms in total. The monoisotopic (exact) mass is 412 g/mol. The molecule has 0 aromatic heterocycles. The third-order valence-electron chi connectivity index (χ3n) is 3.40. The van der Waals surface area contributed by atoms with Gasteiger partial charge in [0, 0.05) is 0 Å². The minimum atomic E-state index is -0.670. The van der Waals surface area contributed by atoms with Gasteiger partial charge in [0.25, 0.3) is 0 Å². The van der Waals surface area contributed by atoms with Crippen LogP contribution in [-0.4, -0.2) is 28.6 Å². The summed E-state index contributed by atoms with van der Waals surface area (Å²) in [5.74, 6) is 0. The van der Waals surface area contributed by atoms with E-state index in [2.05, 4.69) is 94.2 Å². The quantitative estimate of drug-likeness (QED) is 0.547. The van der Waals surface area contributed by atoms with Crippen molar-refractivity contribution in [2.45, 2.75) is 21.4 Å². The van der Waals surface area contributed by atoms with Gasteiger partial charge in [-0.1, -0.05) is 84.5 Å². The Balaban J connectivity index is 0.000000396. The van der Waals surface area contributed by atoms with Gasteiger partial charge in [0.05, 0.1) is 0 Å². The van der Waals surface area contributed by atoms with Gasteiger partial charge in [-0.05, 0) is 16.0 Å². The van der Waals surface area contributed by atoms with Crippen LogP contribution in [0.3, 0.4) is 0 Å². The van der Waals surface area contributed by atoms with Gasteiger partial charge in [0.1, 0.15) is 8.80 Å². The van der Waals surface area contributed by atoms with E-state index in [9.17, 15) is 0 Å². The second-order valence-electron chi connectivity index (χ2n) is 6.02. The minimum absolute atomic E-state index is 0.543. The van der Waals surface area contributed by atoms with Gasteiger partial charge in [-0.15, -0.1) is 0 Å². The molecule has 0 bridgehead atoms. The van der Waals surface area contributed by atoms with Crippen molar-refractivity contribution in [1.29, 1.82) is 0 Å². The number of rotatable bonds is 2. The molecule has 0 heterocycles. The second-order valence-corrected chi connectivity index (χ2v) is 16.9. The molecular weight excluding hydrogens is 387 g/mol. The van der Waals surface area contributed by atoms with E-state index >= 15 is 0 Å². The molecule has 22 heavy (non-hydrogen) atoms. The van der Waals surface area contributed by atoms with Crippen molar-refractivity contribution in [2.24, 2.45) is 0 Å². The van der Waals surface area contributed by atoms with Gasteiger partial charge >= 0.3 is 34.6 Å². The topological polar surface area (TPSA) is 0 Å². The molecule has 0 aliphatic heterocycles. The molecule has 3 aromatic rings. The standard InChI is InChI=1S/C17H15Si.3CH3.Sn/c1-18(15-10-3-2-4-11-15)17-13-7-9-14-8-5-6-12-16(14)17;;;;/h2-13H,1H3;3*1H3;. The van der Waals surface area contributed by atoms with Gasteiger partial charge in [-0.25, -0.2) is 0 Å². The van der Waals surface area contributed by atoms with E-state index in [1.54, 1.807) is 0 Å². The van der Waals surface area contributed by atoms with Gasteiger partial charge in [-0.2, -0.15) is 0 Å². The van der Waals surface area contributed by atoms with Crippen molar-refractivity contribution in [2.75, 3.05) is 0 Å². The summed E-state index contributed by atoms with van der Waals surface area (Å²) in [7, 11) is -0.670. The maximum absolute atomic E-state index is 2.38. The number of hydrogen-bond acceptors (Lipinski definition) is 0. The Kier molecular flexibility index (Phi) is 6.71. The average molecular weight is 411 g/mol. The van der Waals surface area contributed by atoms with E-state index in [1.807, 2.05) is 0 Å². The summed E-state index contributed by atoms with van der Waals surface area (Å²) in [5.41, 5.74) is 0. The number of hydrogen-bond donors (Lipinski definition) is 0. The van der Waals surface area contributed by atoms with Crippen molar-refractivity contribution >= 4 is 49.7 Å². The van der Waals surface area contributed by atoms with Gasteiger partial charge in [0.2, 0.25) is 0 Å². The van der Waals surface area contributed by atoms with Crippen LogP contribution in [0.15, 0.2) is 72.8 Å². The molecule has 3 rings (SSSR count). The van der Waals surface area contributed by atoms with E-state index < -0.39 is 28.6 Å². The average Bonchev–Trinajstić information content (AvgIpc) is 2.54.